The molecule has 1 saturated heterocycles. The molecular weight excluding hydrogens is 356 g/mol. The van der Waals surface area contributed by atoms with Crippen molar-refractivity contribution < 1.29 is 14.4 Å². The van der Waals surface area contributed by atoms with Gasteiger partial charge in [0.05, 0.1) is 0 Å². The Balaban J connectivity index is 1.62. The number of nitrogens with zero attached hydrogens (tertiary/aromatic N) is 1. The standard InChI is InChI=1S/C21H32N4O3/c1-21(2,3)19(27)22-13-7-10-18(26)23-17-11-14-25(15-12-17)20(28)24-16-8-5-4-6-9-16/h4-6,8-9,17H,7,10-15H2,1-3H3,(H,22,27)(H,23,26)(H,24,28). The number of para-hydroxylation sites is 1. The summed E-state index contributed by atoms with van der Waals surface area (Å²) in [6, 6.07) is 9.37. The number of likely N-dealkylation sites (tertiary alicyclic amines) is 1. The molecule has 4 amide bonds. The summed E-state index contributed by atoms with van der Waals surface area (Å²) in [4.78, 5) is 37.9. The Kier molecular flexibility index (Phi) is 7.84. The van der Waals surface area contributed by atoms with Gasteiger partial charge in [-0.3, -0.25) is 9.59 Å². The fraction of sp³-hybridized carbons (Fsp3) is 0.571. The van der Waals surface area contributed by atoms with Gasteiger partial charge in [0.15, 0.2) is 0 Å². The lowest BCUT2D eigenvalue weighted by Gasteiger charge is -2.32. The van der Waals surface area contributed by atoms with Crippen molar-refractivity contribution in [3.05, 3.63) is 30.3 Å². The number of hydrogen-bond donors (Lipinski definition) is 3. The van der Waals surface area contributed by atoms with E-state index in [4.69, 9.17) is 0 Å². The largest absolute Gasteiger partial charge is 0.356 e. The second-order valence-corrected chi connectivity index (χ2v) is 8.23. The van der Waals surface area contributed by atoms with Crippen LogP contribution in [-0.2, 0) is 9.59 Å². The molecule has 1 heterocycles. The van der Waals surface area contributed by atoms with Crippen molar-refractivity contribution in [3.8, 4) is 0 Å². The first-order chi connectivity index (χ1) is 13.3. The molecule has 1 aromatic carbocycles. The minimum atomic E-state index is -0.414. The van der Waals surface area contributed by atoms with Gasteiger partial charge in [0.1, 0.15) is 0 Å². The second kappa shape index (κ2) is 10.1. The van der Waals surface area contributed by atoms with E-state index in [-0.39, 0.29) is 23.9 Å². The van der Waals surface area contributed by atoms with Crippen LogP contribution in [-0.4, -0.2) is 48.4 Å². The average molecular weight is 389 g/mol. The van der Waals surface area contributed by atoms with E-state index in [1.807, 2.05) is 51.1 Å². The smallest absolute Gasteiger partial charge is 0.321 e. The van der Waals surface area contributed by atoms with Crippen LogP contribution in [0.4, 0.5) is 10.5 Å². The van der Waals surface area contributed by atoms with Crippen molar-refractivity contribution in [1.29, 1.82) is 0 Å². The summed E-state index contributed by atoms with van der Waals surface area (Å²) in [6.07, 6.45) is 2.49. The molecular formula is C21H32N4O3. The lowest BCUT2D eigenvalue weighted by atomic mass is 9.96. The van der Waals surface area contributed by atoms with Gasteiger partial charge in [-0.25, -0.2) is 4.79 Å². The summed E-state index contributed by atoms with van der Waals surface area (Å²) in [5, 5.41) is 8.77. The summed E-state index contributed by atoms with van der Waals surface area (Å²) in [7, 11) is 0. The minimum Gasteiger partial charge on any atom is -0.356 e. The maximum absolute atomic E-state index is 12.3. The van der Waals surface area contributed by atoms with Gasteiger partial charge in [-0.1, -0.05) is 39.0 Å². The molecule has 28 heavy (non-hydrogen) atoms. The zero-order chi connectivity index (χ0) is 20.6. The highest BCUT2D eigenvalue weighted by molar-refractivity contribution is 5.89. The normalized spacial score (nSPS) is 15.0. The Hall–Kier alpha value is -2.57. The highest BCUT2D eigenvalue weighted by Gasteiger charge is 2.24. The maximum atomic E-state index is 12.3. The highest BCUT2D eigenvalue weighted by Crippen LogP contribution is 2.14. The van der Waals surface area contributed by atoms with Gasteiger partial charge >= 0.3 is 6.03 Å². The molecule has 1 aliphatic rings. The molecule has 7 heteroatoms. The van der Waals surface area contributed by atoms with E-state index in [2.05, 4.69) is 16.0 Å². The van der Waals surface area contributed by atoms with Crippen molar-refractivity contribution in [1.82, 2.24) is 15.5 Å². The number of amides is 4. The van der Waals surface area contributed by atoms with E-state index >= 15 is 0 Å². The Morgan fingerprint density at radius 1 is 1.07 bits per heavy atom. The van der Waals surface area contributed by atoms with Crippen LogP contribution in [0.15, 0.2) is 30.3 Å². The monoisotopic (exact) mass is 388 g/mol. The fourth-order valence-corrected chi connectivity index (χ4v) is 2.97. The van der Waals surface area contributed by atoms with E-state index in [1.165, 1.54) is 0 Å². The zero-order valence-electron chi connectivity index (χ0n) is 17.1. The first kappa shape index (κ1) is 21.7. The van der Waals surface area contributed by atoms with Crippen molar-refractivity contribution in [2.75, 3.05) is 25.0 Å². The number of anilines is 1. The van der Waals surface area contributed by atoms with Crippen molar-refractivity contribution in [3.63, 3.8) is 0 Å². The molecule has 7 nitrogen and oxygen atoms in total. The zero-order valence-corrected chi connectivity index (χ0v) is 17.1. The van der Waals surface area contributed by atoms with Crippen LogP contribution >= 0.6 is 0 Å². The van der Waals surface area contributed by atoms with Crippen LogP contribution in [0, 0.1) is 5.41 Å². The van der Waals surface area contributed by atoms with Gasteiger partial charge in [0.2, 0.25) is 11.8 Å². The Labute approximate surface area is 167 Å². The summed E-state index contributed by atoms with van der Waals surface area (Å²) < 4.78 is 0. The SMILES string of the molecule is CC(C)(C)C(=O)NCCCC(=O)NC1CCN(C(=O)Nc2ccccc2)CC1. The number of nitrogens with one attached hydrogen (secondary N) is 3. The molecule has 1 aliphatic heterocycles. The quantitative estimate of drug-likeness (QED) is 0.655. The van der Waals surface area contributed by atoms with Gasteiger partial charge < -0.3 is 20.9 Å². The van der Waals surface area contributed by atoms with E-state index in [0.29, 0.717) is 32.5 Å². The van der Waals surface area contributed by atoms with E-state index in [0.717, 1.165) is 18.5 Å². The molecule has 1 aromatic rings. The molecule has 0 bridgehead atoms. The second-order valence-electron chi connectivity index (χ2n) is 8.23. The van der Waals surface area contributed by atoms with Crippen LogP contribution in [0.25, 0.3) is 0 Å². The van der Waals surface area contributed by atoms with Gasteiger partial charge in [0.25, 0.3) is 0 Å². The van der Waals surface area contributed by atoms with E-state index in [9.17, 15) is 14.4 Å². The topological polar surface area (TPSA) is 90.5 Å². The number of carbonyl (C=O) groups is 3. The summed E-state index contributed by atoms with van der Waals surface area (Å²) in [6.45, 7) is 7.32. The van der Waals surface area contributed by atoms with Crippen LogP contribution in [0.3, 0.4) is 0 Å². The third kappa shape index (κ3) is 7.21. The number of carbonyl (C=O) groups excluding carboxylic acids is 3. The molecule has 0 aromatic heterocycles. The van der Waals surface area contributed by atoms with Crippen LogP contribution in [0.1, 0.15) is 46.5 Å². The molecule has 2 rings (SSSR count). The molecule has 0 spiro atoms. The van der Waals surface area contributed by atoms with Gasteiger partial charge in [0, 0.05) is 43.2 Å². The van der Waals surface area contributed by atoms with Gasteiger partial charge in [-0.05, 0) is 31.4 Å². The molecule has 0 atom stereocenters. The first-order valence-electron chi connectivity index (χ1n) is 9.94. The minimum absolute atomic E-state index is 0.00260. The molecule has 0 radical (unpaired) electrons. The number of piperidine rings is 1. The fourth-order valence-electron chi connectivity index (χ4n) is 2.97. The van der Waals surface area contributed by atoms with Gasteiger partial charge in [-0.2, -0.15) is 0 Å². The Bertz CT molecular complexity index is 662. The predicted octanol–water partition coefficient (Wildman–Crippen LogP) is 2.74. The number of hydrogen-bond acceptors (Lipinski definition) is 3. The predicted molar refractivity (Wildman–Crippen MR) is 110 cm³/mol. The number of benzene rings is 1. The molecule has 3 N–H and O–H groups in total. The van der Waals surface area contributed by atoms with Crippen LogP contribution < -0.4 is 16.0 Å². The lowest BCUT2D eigenvalue weighted by Crippen LogP contribution is -2.47. The molecule has 0 aliphatic carbocycles. The molecule has 1 fully saturated rings. The van der Waals surface area contributed by atoms with E-state index < -0.39 is 5.41 Å². The van der Waals surface area contributed by atoms with Crippen molar-refractivity contribution >= 4 is 23.5 Å². The van der Waals surface area contributed by atoms with Crippen molar-refractivity contribution in [2.45, 2.75) is 52.5 Å². The third-order valence-corrected chi connectivity index (χ3v) is 4.72. The molecule has 0 saturated carbocycles. The highest BCUT2D eigenvalue weighted by atomic mass is 16.2. The Morgan fingerprint density at radius 2 is 1.71 bits per heavy atom. The Morgan fingerprint density at radius 3 is 2.32 bits per heavy atom. The van der Waals surface area contributed by atoms with E-state index in [1.54, 1.807) is 4.90 Å². The first-order valence-corrected chi connectivity index (χ1v) is 9.94. The molecule has 154 valence electrons. The average Bonchev–Trinajstić information content (AvgIpc) is 2.65. The number of rotatable bonds is 6. The third-order valence-electron chi connectivity index (χ3n) is 4.72. The lowest BCUT2D eigenvalue weighted by molar-refractivity contribution is -0.128. The maximum Gasteiger partial charge on any atom is 0.321 e. The molecule has 0 unspecified atom stereocenters. The summed E-state index contributed by atoms with van der Waals surface area (Å²) >= 11 is 0. The summed E-state index contributed by atoms with van der Waals surface area (Å²) in [5.74, 6) is -0.00810. The number of urea groups is 1. The summed E-state index contributed by atoms with van der Waals surface area (Å²) in [5.41, 5.74) is 0.365. The van der Waals surface area contributed by atoms with Crippen LogP contribution in [0.2, 0.25) is 0 Å². The van der Waals surface area contributed by atoms with Crippen LogP contribution in [0.5, 0.6) is 0 Å². The van der Waals surface area contributed by atoms with Crippen molar-refractivity contribution in [2.24, 2.45) is 5.41 Å². The van der Waals surface area contributed by atoms with Gasteiger partial charge in [-0.15, -0.1) is 0 Å².